The number of phenolic OH excluding ortho intramolecular Hbond substituents is 1. The lowest BCUT2D eigenvalue weighted by molar-refractivity contribution is 0.474. The minimum Gasteiger partial charge on any atom is -0.508 e. The Labute approximate surface area is 86.8 Å². The summed E-state index contributed by atoms with van der Waals surface area (Å²) in [6.45, 7) is 4.24. The van der Waals surface area contributed by atoms with Crippen molar-refractivity contribution in [1.29, 1.82) is 0 Å². The maximum absolute atomic E-state index is 9.40. The maximum atomic E-state index is 9.40. The highest BCUT2D eigenvalue weighted by molar-refractivity contribution is 5.32. The smallest absolute Gasteiger partial charge is 0.116 e. The summed E-state index contributed by atoms with van der Waals surface area (Å²) >= 11 is 0. The van der Waals surface area contributed by atoms with E-state index in [0.29, 0.717) is 5.75 Å². The van der Waals surface area contributed by atoms with Crippen LogP contribution >= 0.6 is 0 Å². The van der Waals surface area contributed by atoms with Gasteiger partial charge in [-0.3, -0.25) is 0 Å². The van der Waals surface area contributed by atoms with Gasteiger partial charge in [0.15, 0.2) is 0 Å². The van der Waals surface area contributed by atoms with Crippen LogP contribution < -0.4 is 0 Å². The third-order valence-electron chi connectivity index (χ3n) is 2.44. The number of benzene rings is 1. The molecule has 0 aromatic heterocycles. The number of aromatic hydroxyl groups is 1. The van der Waals surface area contributed by atoms with Crippen LogP contribution in [0.2, 0.25) is 0 Å². The van der Waals surface area contributed by atoms with Crippen LogP contribution in [0.3, 0.4) is 0 Å². The van der Waals surface area contributed by atoms with E-state index < -0.39 is 0 Å². The molecular weight excluding hydrogens is 172 g/mol. The van der Waals surface area contributed by atoms with Gasteiger partial charge in [0.05, 0.1) is 0 Å². The van der Waals surface area contributed by atoms with Crippen molar-refractivity contribution in [2.75, 3.05) is 0 Å². The monoisotopic (exact) mass is 192 g/mol. The van der Waals surface area contributed by atoms with E-state index in [4.69, 9.17) is 0 Å². The lowest BCUT2D eigenvalue weighted by Crippen LogP contribution is -1.87. The van der Waals surface area contributed by atoms with E-state index >= 15 is 0 Å². The Balaban J connectivity index is 2.42. The van der Waals surface area contributed by atoms with E-state index in [1.54, 1.807) is 6.07 Å². The van der Waals surface area contributed by atoms with E-state index in [2.05, 4.69) is 13.0 Å². The second-order valence-corrected chi connectivity index (χ2v) is 3.99. The predicted octanol–water partition coefficient (Wildman–Crippen LogP) is 3.82. The first-order chi connectivity index (χ1) is 6.72. The Morgan fingerprint density at radius 2 is 1.86 bits per heavy atom. The molecule has 0 bridgehead atoms. The van der Waals surface area contributed by atoms with Gasteiger partial charge < -0.3 is 5.11 Å². The summed E-state index contributed by atoms with van der Waals surface area (Å²) in [4.78, 5) is 0. The zero-order valence-electron chi connectivity index (χ0n) is 9.21. The Hall–Kier alpha value is -0.980. The van der Waals surface area contributed by atoms with Gasteiger partial charge in [0.1, 0.15) is 5.75 Å². The number of hydrogen-bond donors (Lipinski definition) is 1. The number of unbranched alkanes of at least 4 members (excludes halogenated alkanes) is 3. The van der Waals surface area contributed by atoms with Crippen molar-refractivity contribution >= 4 is 0 Å². The van der Waals surface area contributed by atoms with Crippen LogP contribution in [-0.2, 0) is 6.42 Å². The van der Waals surface area contributed by atoms with Crippen molar-refractivity contribution in [2.45, 2.75) is 46.0 Å². The quantitative estimate of drug-likeness (QED) is 0.703. The third kappa shape index (κ3) is 3.82. The average Bonchev–Trinajstić information content (AvgIpc) is 2.11. The zero-order chi connectivity index (χ0) is 10.4. The fourth-order valence-electron chi connectivity index (χ4n) is 1.74. The number of phenols is 1. The summed E-state index contributed by atoms with van der Waals surface area (Å²) in [6, 6.07) is 5.83. The van der Waals surface area contributed by atoms with Gasteiger partial charge in [-0.2, -0.15) is 0 Å². The summed E-state index contributed by atoms with van der Waals surface area (Å²) in [5.74, 6) is 0.399. The van der Waals surface area contributed by atoms with Crippen LogP contribution in [0.4, 0.5) is 0 Å². The minimum atomic E-state index is 0.399. The number of hydrogen-bond acceptors (Lipinski definition) is 1. The van der Waals surface area contributed by atoms with Gasteiger partial charge in [0.25, 0.3) is 0 Å². The summed E-state index contributed by atoms with van der Waals surface area (Å²) in [5, 5.41) is 9.40. The second-order valence-electron chi connectivity index (χ2n) is 3.99. The van der Waals surface area contributed by atoms with Crippen LogP contribution in [0, 0.1) is 6.92 Å². The third-order valence-corrected chi connectivity index (χ3v) is 2.44. The molecule has 1 heteroatoms. The van der Waals surface area contributed by atoms with Gasteiger partial charge in [-0.05, 0) is 43.0 Å². The molecule has 1 aromatic rings. The molecule has 0 radical (unpaired) electrons. The zero-order valence-corrected chi connectivity index (χ0v) is 9.21. The molecule has 1 aromatic carbocycles. The molecule has 0 atom stereocenters. The molecular formula is C13H20O. The molecule has 14 heavy (non-hydrogen) atoms. The Morgan fingerprint density at radius 3 is 2.50 bits per heavy atom. The van der Waals surface area contributed by atoms with Crippen molar-refractivity contribution in [1.82, 2.24) is 0 Å². The van der Waals surface area contributed by atoms with Gasteiger partial charge in [0, 0.05) is 0 Å². The fraction of sp³-hybridized carbons (Fsp3) is 0.538. The molecule has 1 N–H and O–H groups in total. The van der Waals surface area contributed by atoms with Crippen LogP contribution in [0.25, 0.3) is 0 Å². The maximum Gasteiger partial charge on any atom is 0.116 e. The molecule has 78 valence electrons. The van der Waals surface area contributed by atoms with E-state index in [1.807, 2.05) is 13.0 Å². The minimum absolute atomic E-state index is 0.399. The lowest BCUT2D eigenvalue weighted by Gasteiger charge is -2.03. The number of rotatable bonds is 5. The molecule has 0 aliphatic heterocycles. The molecule has 0 aliphatic carbocycles. The van der Waals surface area contributed by atoms with Crippen LogP contribution in [0.15, 0.2) is 18.2 Å². The van der Waals surface area contributed by atoms with E-state index in [1.165, 1.54) is 31.2 Å². The highest BCUT2D eigenvalue weighted by Gasteiger charge is 1.97. The molecule has 1 rings (SSSR count). The molecule has 0 saturated heterocycles. The predicted molar refractivity (Wildman–Crippen MR) is 60.7 cm³/mol. The summed E-state index contributed by atoms with van der Waals surface area (Å²) in [6.07, 6.45) is 6.22. The van der Waals surface area contributed by atoms with Gasteiger partial charge in [-0.15, -0.1) is 0 Å². The average molecular weight is 192 g/mol. The topological polar surface area (TPSA) is 20.2 Å². The van der Waals surface area contributed by atoms with E-state index in [-0.39, 0.29) is 0 Å². The van der Waals surface area contributed by atoms with Gasteiger partial charge in [-0.25, -0.2) is 0 Å². The Morgan fingerprint density at radius 1 is 1.07 bits per heavy atom. The Bertz CT molecular complexity index is 258. The highest BCUT2D eigenvalue weighted by atomic mass is 16.3. The molecule has 0 unspecified atom stereocenters. The fourth-order valence-corrected chi connectivity index (χ4v) is 1.74. The first-order valence-electron chi connectivity index (χ1n) is 5.52. The Kier molecular flexibility index (Phi) is 4.51. The number of aryl methyl sites for hydroxylation is 2. The van der Waals surface area contributed by atoms with E-state index in [9.17, 15) is 5.11 Å². The molecule has 0 heterocycles. The van der Waals surface area contributed by atoms with Crippen molar-refractivity contribution in [2.24, 2.45) is 0 Å². The largest absolute Gasteiger partial charge is 0.508 e. The van der Waals surface area contributed by atoms with Crippen molar-refractivity contribution in [3.63, 3.8) is 0 Å². The van der Waals surface area contributed by atoms with Crippen molar-refractivity contribution < 1.29 is 5.11 Å². The normalized spacial score (nSPS) is 10.4. The van der Waals surface area contributed by atoms with Crippen LogP contribution in [0.1, 0.15) is 43.7 Å². The van der Waals surface area contributed by atoms with Gasteiger partial charge in [-0.1, -0.05) is 32.3 Å². The van der Waals surface area contributed by atoms with Crippen molar-refractivity contribution in [3.05, 3.63) is 29.3 Å². The van der Waals surface area contributed by atoms with Gasteiger partial charge in [0.2, 0.25) is 0 Å². The molecule has 0 fully saturated rings. The molecule has 1 nitrogen and oxygen atoms in total. The first kappa shape index (κ1) is 11.1. The molecule has 0 spiro atoms. The summed E-state index contributed by atoms with van der Waals surface area (Å²) in [5.41, 5.74) is 2.41. The molecule has 0 amide bonds. The SMILES string of the molecule is CCCCCCc1cc(C)cc(O)c1. The molecule has 0 saturated carbocycles. The van der Waals surface area contributed by atoms with Crippen LogP contribution in [-0.4, -0.2) is 5.11 Å². The second kappa shape index (κ2) is 5.69. The first-order valence-corrected chi connectivity index (χ1v) is 5.52. The van der Waals surface area contributed by atoms with Crippen molar-refractivity contribution in [3.8, 4) is 5.75 Å². The van der Waals surface area contributed by atoms with Crippen LogP contribution in [0.5, 0.6) is 5.75 Å². The lowest BCUT2D eigenvalue weighted by atomic mass is 10.0. The molecule has 0 aliphatic rings. The highest BCUT2D eigenvalue weighted by Crippen LogP contribution is 2.17. The summed E-state index contributed by atoms with van der Waals surface area (Å²) < 4.78 is 0. The summed E-state index contributed by atoms with van der Waals surface area (Å²) in [7, 11) is 0. The standard InChI is InChI=1S/C13H20O/c1-3-4-5-6-7-12-8-11(2)9-13(14)10-12/h8-10,14H,3-7H2,1-2H3. The van der Waals surface area contributed by atoms with Gasteiger partial charge >= 0.3 is 0 Å². The van der Waals surface area contributed by atoms with E-state index in [0.717, 1.165) is 12.0 Å².